The van der Waals surface area contributed by atoms with E-state index in [1.54, 1.807) is 15.3 Å². The zero-order valence-electron chi connectivity index (χ0n) is 10.5. The summed E-state index contributed by atoms with van der Waals surface area (Å²) in [4.78, 5) is 3.19. The third-order valence-corrected chi connectivity index (χ3v) is 4.73. The third-order valence-electron chi connectivity index (χ3n) is 3.49. The van der Waals surface area contributed by atoms with Crippen molar-refractivity contribution in [1.29, 1.82) is 0 Å². The summed E-state index contributed by atoms with van der Waals surface area (Å²) in [5.74, 6) is 0. The van der Waals surface area contributed by atoms with E-state index in [0.717, 1.165) is 6.54 Å². The van der Waals surface area contributed by atoms with Crippen LogP contribution in [-0.2, 0) is 19.4 Å². The summed E-state index contributed by atoms with van der Waals surface area (Å²) in [5, 5.41) is 3.69. The van der Waals surface area contributed by atoms with Gasteiger partial charge in [-0.2, -0.15) is 0 Å². The molecule has 0 radical (unpaired) electrons. The lowest BCUT2D eigenvalue weighted by atomic mass is 10.1. The molecule has 0 bridgehead atoms. The molecular weight excluding hydrogens is 214 g/mol. The number of hydrogen-bond acceptors (Lipinski definition) is 2. The predicted octanol–water partition coefficient (Wildman–Crippen LogP) is 3.91. The summed E-state index contributed by atoms with van der Waals surface area (Å²) in [5.41, 5.74) is 1.63. The minimum atomic E-state index is 0.710. The minimum absolute atomic E-state index is 0.710. The van der Waals surface area contributed by atoms with Gasteiger partial charge in [0.1, 0.15) is 0 Å². The standard InChI is InChI=1S/C14H23NS/c1-3-6-12(4-2)15-10-13-9-11-7-5-8-14(11)16-13/h9,12,15H,3-8,10H2,1-2H3. The minimum Gasteiger partial charge on any atom is -0.309 e. The molecule has 1 atom stereocenters. The van der Waals surface area contributed by atoms with Crippen molar-refractivity contribution >= 4 is 11.3 Å². The Morgan fingerprint density at radius 3 is 2.94 bits per heavy atom. The van der Waals surface area contributed by atoms with Crippen LogP contribution >= 0.6 is 11.3 Å². The Morgan fingerprint density at radius 2 is 2.25 bits per heavy atom. The molecule has 1 aliphatic rings. The highest BCUT2D eigenvalue weighted by molar-refractivity contribution is 7.12. The SMILES string of the molecule is CCCC(CC)NCc1cc2c(s1)CCC2. The van der Waals surface area contributed by atoms with Crippen molar-refractivity contribution in [3.8, 4) is 0 Å². The van der Waals surface area contributed by atoms with Gasteiger partial charge >= 0.3 is 0 Å². The van der Waals surface area contributed by atoms with Crippen molar-refractivity contribution < 1.29 is 0 Å². The van der Waals surface area contributed by atoms with E-state index >= 15 is 0 Å². The monoisotopic (exact) mass is 237 g/mol. The molecule has 1 heterocycles. The van der Waals surface area contributed by atoms with E-state index < -0.39 is 0 Å². The van der Waals surface area contributed by atoms with E-state index in [0.29, 0.717) is 6.04 Å². The maximum atomic E-state index is 3.69. The molecule has 1 unspecified atom stereocenters. The molecule has 0 saturated heterocycles. The van der Waals surface area contributed by atoms with E-state index in [9.17, 15) is 0 Å². The Bertz CT molecular complexity index is 308. The van der Waals surface area contributed by atoms with Gasteiger partial charge in [0.2, 0.25) is 0 Å². The average molecular weight is 237 g/mol. The van der Waals surface area contributed by atoms with Crippen LogP contribution in [0.2, 0.25) is 0 Å². The Balaban J connectivity index is 1.84. The van der Waals surface area contributed by atoms with Crippen molar-refractivity contribution in [2.75, 3.05) is 0 Å². The molecule has 1 nitrogen and oxygen atoms in total. The third kappa shape index (κ3) is 2.86. The molecule has 1 aliphatic carbocycles. The van der Waals surface area contributed by atoms with Gasteiger partial charge < -0.3 is 5.32 Å². The Hall–Kier alpha value is -0.340. The molecule has 2 rings (SSSR count). The van der Waals surface area contributed by atoms with Gasteiger partial charge in [0, 0.05) is 22.3 Å². The smallest absolute Gasteiger partial charge is 0.0302 e. The molecule has 0 saturated carbocycles. The topological polar surface area (TPSA) is 12.0 Å². The number of thiophene rings is 1. The summed E-state index contributed by atoms with van der Waals surface area (Å²) in [6, 6.07) is 3.14. The predicted molar refractivity (Wildman–Crippen MR) is 72.2 cm³/mol. The molecule has 1 aromatic heterocycles. The van der Waals surface area contributed by atoms with Gasteiger partial charge in [0.25, 0.3) is 0 Å². The lowest BCUT2D eigenvalue weighted by molar-refractivity contribution is 0.464. The van der Waals surface area contributed by atoms with E-state index in [-0.39, 0.29) is 0 Å². The molecule has 0 amide bonds. The van der Waals surface area contributed by atoms with Gasteiger partial charge in [0.15, 0.2) is 0 Å². The maximum Gasteiger partial charge on any atom is 0.0302 e. The highest BCUT2D eigenvalue weighted by atomic mass is 32.1. The summed E-state index contributed by atoms with van der Waals surface area (Å²) >= 11 is 2.03. The van der Waals surface area contributed by atoms with Gasteiger partial charge in [0.05, 0.1) is 0 Å². The van der Waals surface area contributed by atoms with E-state index in [4.69, 9.17) is 0 Å². The fourth-order valence-corrected chi connectivity index (χ4v) is 3.73. The second-order valence-electron chi connectivity index (χ2n) is 4.79. The van der Waals surface area contributed by atoms with Gasteiger partial charge in [-0.05, 0) is 43.7 Å². The zero-order chi connectivity index (χ0) is 11.4. The van der Waals surface area contributed by atoms with Crippen molar-refractivity contribution in [1.82, 2.24) is 5.32 Å². The Labute approximate surface area is 103 Å². The van der Waals surface area contributed by atoms with Crippen LogP contribution in [0.4, 0.5) is 0 Å². The van der Waals surface area contributed by atoms with Crippen molar-refractivity contribution in [3.63, 3.8) is 0 Å². The van der Waals surface area contributed by atoms with E-state index in [1.807, 2.05) is 11.3 Å². The fourth-order valence-electron chi connectivity index (χ4n) is 2.52. The zero-order valence-corrected chi connectivity index (χ0v) is 11.3. The summed E-state index contributed by atoms with van der Waals surface area (Å²) in [7, 11) is 0. The first-order valence-electron chi connectivity index (χ1n) is 6.67. The largest absolute Gasteiger partial charge is 0.309 e. The second-order valence-corrected chi connectivity index (χ2v) is 6.01. The molecular formula is C14H23NS. The number of rotatable bonds is 6. The Morgan fingerprint density at radius 1 is 1.38 bits per heavy atom. The summed E-state index contributed by atoms with van der Waals surface area (Å²) in [6.07, 6.45) is 7.86. The first kappa shape index (κ1) is 12.1. The first-order chi connectivity index (χ1) is 7.83. The number of fused-ring (bicyclic) bond motifs is 1. The number of nitrogens with one attached hydrogen (secondary N) is 1. The lowest BCUT2D eigenvalue weighted by Crippen LogP contribution is -2.27. The normalized spacial score (nSPS) is 16.4. The molecule has 1 N–H and O–H groups in total. The van der Waals surface area contributed by atoms with Crippen LogP contribution in [0.15, 0.2) is 6.07 Å². The average Bonchev–Trinajstić information content (AvgIpc) is 2.84. The van der Waals surface area contributed by atoms with Gasteiger partial charge in [-0.1, -0.05) is 20.3 Å². The summed E-state index contributed by atoms with van der Waals surface area (Å²) < 4.78 is 0. The Kier molecular flexibility index (Phi) is 4.42. The first-order valence-corrected chi connectivity index (χ1v) is 7.49. The van der Waals surface area contributed by atoms with Crippen molar-refractivity contribution in [3.05, 3.63) is 21.4 Å². The van der Waals surface area contributed by atoms with E-state index in [2.05, 4.69) is 25.2 Å². The molecule has 0 aromatic carbocycles. The molecule has 0 fully saturated rings. The van der Waals surface area contributed by atoms with Crippen LogP contribution in [0.1, 0.15) is 54.8 Å². The number of hydrogen-bond donors (Lipinski definition) is 1. The van der Waals surface area contributed by atoms with Crippen LogP contribution in [0.5, 0.6) is 0 Å². The highest BCUT2D eigenvalue weighted by Crippen LogP contribution is 2.30. The van der Waals surface area contributed by atoms with Crippen LogP contribution in [0.25, 0.3) is 0 Å². The van der Waals surface area contributed by atoms with Gasteiger partial charge in [-0.15, -0.1) is 11.3 Å². The fraction of sp³-hybridized carbons (Fsp3) is 0.714. The maximum absolute atomic E-state index is 3.69. The lowest BCUT2D eigenvalue weighted by Gasteiger charge is -2.15. The molecule has 1 aromatic rings. The van der Waals surface area contributed by atoms with Crippen molar-refractivity contribution in [2.24, 2.45) is 0 Å². The second kappa shape index (κ2) is 5.83. The van der Waals surface area contributed by atoms with Crippen molar-refractivity contribution in [2.45, 2.75) is 65.0 Å². The van der Waals surface area contributed by atoms with Crippen LogP contribution in [-0.4, -0.2) is 6.04 Å². The summed E-state index contributed by atoms with van der Waals surface area (Å²) in [6.45, 7) is 5.63. The van der Waals surface area contributed by atoms with E-state index in [1.165, 1.54) is 38.5 Å². The molecule has 16 heavy (non-hydrogen) atoms. The van der Waals surface area contributed by atoms with Crippen LogP contribution < -0.4 is 5.32 Å². The molecule has 0 spiro atoms. The quantitative estimate of drug-likeness (QED) is 0.791. The van der Waals surface area contributed by atoms with Gasteiger partial charge in [-0.3, -0.25) is 0 Å². The molecule has 0 aliphatic heterocycles. The number of aryl methyl sites for hydroxylation is 2. The van der Waals surface area contributed by atoms with Crippen LogP contribution in [0, 0.1) is 0 Å². The van der Waals surface area contributed by atoms with Crippen LogP contribution in [0.3, 0.4) is 0 Å². The molecule has 90 valence electrons. The van der Waals surface area contributed by atoms with Gasteiger partial charge in [-0.25, -0.2) is 0 Å². The highest BCUT2D eigenvalue weighted by Gasteiger charge is 2.15. The molecule has 2 heteroatoms.